The fraction of sp³-hybridized carbons (Fsp3) is 0.462. The van der Waals surface area contributed by atoms with E-state index in [-0.39, 0.29) is 0 Å². The van der Waals surface area contributed by atoms with Crippen LogP contribution in [0.15, 0.2) is 29.9 Å². The predicted octanol–water partition coefficient (Wildman–Crippen LogP) is 2.47. The highest BCUT2D eigenvalue weighted by Gasteiger charge is 2.03. The number of nitrogens with zero attached hydrogens (tertiary/aromatic N) is 2. The van der Waals surface area contributed by atoms with E-state index in [1.165, 1.54) is 10.4 Å². The van der Waals surface area contributed by atoms with E-state index >= 15 is 0 Å². The molecule has 2 heterocycles. The Morgan fingerprint density at radius 2 is 2.41 bits per heavy atom. The SMILES string of the molecule is Cc1cnn(CC(C)NCCc2cccs2)c1. The highest BCUT2D eigenvalue weighted by Crippen LogP contribution is 2.08. The van der Waals surface area contributed by atoms with E-state index < -0.39 is 0 Å². The fourth-order valence-electron chi connectivity index (χ4n) is 1.81. The molecule has 1 unspecified atom stereocenters. The van der Waals surface area contributed by atoms with Crippen LogP contribution in [-0.4, -0.2) is 22.4 Å². The third-order valence-electron chi connectivity index (χ3n) is 2.67. The molecule has 0 aliphatic heterocycles. The molecule has 1 N–H and O–H groups in total. The van der Waals surface area contributed by atoms with E-state index in [0.29, 0.717) is 6.04 Å². The van der Waals surface area contributed by atoms with E-state index in [4.69, 9.17) is 0 Å². The molecule has 1 atom stereocenters. The summed E-state index contributed by atoms with van der Waals surface area (Å²) in [5, 5.41) is 9.95. The van der Waals surface area contributed by atoms with Gasteiger partial charge in [0.05, 0.1) is 12.7 Å². The van der Waals surface area contributed by atoms with Gasteiger partial charge >= 0.3 is 0 Å². The summed E-state index contributed by atoms with van der Waals surface area (Å²) in [6.45, 7) is 6.23. The van der Waals surface area contributed by atoms with E-state index in [1.807, 2.05) is 22.2 Å². The summed E-state index contributed by atoms with van der Waals surface area (Å²) in [6, 6.07) is 4.75. The standard InChI is InChI=1S/C13H19N3S/c1-11-8-15-16(9-11)10-12(2)14-6-5-13-4-3-7-17-13/h3-4,7-9,12,14H,5-6,10H2,1-2H3. The quantitative estimate of drug-likeness (QED) is 0.852. The molecule has 4 heteroatoms. The van der Waals surface area contributed by atoms with Crippen LogP contribution in [0.4, 0.5) is 0 Å². The molecule has 0 amide bonds. The molecule has 3 nitrogen and oxygen atoms in total. The highest BCUT2D eigenvalue weighted by atomic mass is 32.1. The van der Waals surface area contributed by atoms with Gasteiger partial charge in [-0.1, -0.05) is 6.07 Å². The molecule has 0 saturated heterocycles. The van der Waals surface area contributed by atoms with Crippen molar-refractivity contribution in [1.29, 1.82) is 0 Å². The molecule has 0 aliphatic carbocycles. The monoisotopic (exact) mass is 249 g/mol. The van der Waals surface area contributed by atoms with Gasteiger partial charge in [-0.05, 0) is 37.3 Å². The number of aryl methyl sites for hydroxylation is 1. The lowest BCUT2D eigenvalue weighted by atomic mass is 10.3. The van der Waals surface area contributed by atoms with Crippen LogP contribution in [0.2, 0.25) is 0 Å². The first-order valence-electron chi connectivity index (χ1n) is 5.99. The van der Waals surface area contributed by atoms with Crippen molar-refractivity contribution in [3.05, 3.63) is 40.3 Å². The lowest BCUT2D eigenvalue weighted by Gasteiger charge is -2.13. The Labute approximate surface area is 106 Å². The molecule has 92 valence electrons. The average Bonchev–Trinajstić information content (AvgIpc) is 2.90. The summed E-state index contributed by atoms with van der Waals surface area (Å²) in [6.07, 6.45) is 5.09. The van der Waals surface area contributed by atoms with Crippen molar-refractivity contribution in [2.24, 2.45) is 0 Å². The van der Waals surface area contributed by atoms with Crippen molar-refractivity contribution >= 4 is 11.3 Å². The van der Waals surface area contributed by atoms with Crippen LogP contribution in [0, 0.1) is 6.92 Å². The summed E-state index contributed by atoms with van der Waals surface area (Å²) in [5.74, 6) is 0. The van der Waals surface area contributed by atoms with Crippen molar-refractivity contribution in [2.75, 3.05) is 6.54 Å². The zero-order chi connectivity index (χ0) is 12.1. The molecule has 0 saturated carbocycles. The van der Waals surface area contributed by atoms with Gasteiger partial charge in [0.15, 0.2) is 0 Å². The second kappa shape index (κ2) is 5.98. The van der Waals surface area contributed by atoms with Crippen LogP contribution < -0.4 is 5.32 Å². The van der Waals surface area contributed by atoms with Gasteiger partial charge in [-0.2, -0.15) is 5.10 Å². The Balaban J connectivity index is 1.69. The topological polar surface area (TPSA) is 29.9 Å². The third-order valence-corrected chi connectivity index (χ3v) is 3.60. The first-order valence-corrected chi connectivity index (χ1v) is 6.87. The maximum Gasteiger partial charge on any atom is 0.0560 e. The largest absolute Gasteiger partial charge is 0.312 e. The number of nitrogens with one attached hydrogen (secondary N) is 1. The van der Waals surface area contributed by atoms with Crippen LogP contribution in [-0.2, 0) is 13.0 Å². The molecular weight excluding hydrogens is 230 g/mol. The van der Waals surface area contributed by atoms with Gasteiger partial charge in [0.25, 0.3) is 0 Å². The average molecular weight is 249 g/mol. The van der Waals surface area contributed by atoms with Gasteiger partial charge in [0.2, 0.25) is 0 Å². The first kappa shape index (κ1) is 12.3. The second-order valence-corrected chi connectivity index (χ2v) is 5.46. The molecule has 0 radical (unpaired) electrons. The Morgan fingerprint density at radius 3 is 3.06 bits per heavy atom. The van der Waals surface area contributed by atoms with E-state index in [1.54, 1.807) is 0 Å². The van der Waals surface area contributed by atoms with E-state index in [2.05, 4.69) is 48.0 Å². The molecule has 0 spiro atoms. The molecule has 0 bridgehead atoms. The van der Waals surface area contributed by atoms with Crippen molar-refractivity contribution in [3.63, 3.8) is 0 Å². The number of thiophene rings is 1. The molecule has 2 aromatic rings. The molecule has 2 rings (SSSR count). The van der Waals surface area contributed by atoms with Crippen molar-refractivity contribution in [3.8, 4) is 0 Å². The van der Waals surface area contributed by atoms with Gasteiger partial charge in [0.1, 0.15) is 0 Å². The minimum Gasteiger partial charge on any atom is -0.312 e. The normalized spacial score (nSPS) is 12.8. The number of aromatic nitrogens is 2. The molecule has 2 aromatic heterocycles. The molecule has 17 heavy (non-hydrogen) atoms. The minimum atomic E-state index is 0.453. The Morgan fingerprint density at radius 1 is 1.53 bits per heavy atom. The predicted molar refractivity (Wildman–Crippen MR) is 72.5 cm³/mol. The fourth-order valence-corrected chi connectivity index (χ4v) is 2.52. The summed E-state index contributed by atoms with van der Waals surface area (Å²) in [4.78, 5) is 1.44. The van der Waals surface area contributed by atoms with Crippen LogP contribution >= 0.6 is 11.3 Å². The molecule has 0 aliphatic rings. The lowest BCUT2D eigenvalue weighted by Crippen LogP contribution is -2.32. The first-order chi connectivity index (χ1) is 8.24. The lowest BCUT2D eigenvalue weighted by molar-refractivity contribution is 0.454. The Kier molecular flexibility index (Phi) is 4.34. The van der Waals surface area contributed by atoms with Gasteiger partial charge in [-0.15, -0.1) is 11.3 Å². The zero-order valence-electron chi connectivity index (χ0n) is 10.4. The van der Waals surface area contributed by atoms with Crippen molar-refractivity contribution < 1.29 is 0 Å². The maximum absolute atomic E-state index is 4.29. The number of hydrogen-bond acceptors (Lipinski definition) is 3. The Hall–Kier alpha value is -1.13. The third kappa shape index (κ3) is 3.98. The van der Waals surface area contributed by atoms with Crippen LogP contribution in [0.5, 0.6) is 0 Å². The highest BCUT2D eigenvalue weighted by molar-refractivity contribution is 7.09. The van der Waals surface area contributed by atoms with Crippen LogP contribution in [0.3, 0.4) is 0 Å². The molecular formula is C13H19N3S. The van der Waals surface area contributed by atoms with Gasteiger partial charge in [0, 0.05) is 23.7 Å². The maximum atomic E-state index is 4.29. The summed E-state index contributed by atoms with van der Waals surface area (Å²) in [5.41, 5.74) is 1.22. The zero-order valence-corrected chi connectivity index (χ0v) is 11.2. The van der Waals surface area contributed by atoms with Gasteiger partial charge in [-0.3, -0.25) is 4.68 Å². The van der Waals surface area contributed by atoms with E-state index in [0.717, 1.165) is 19.5 Å². The molecule has 0 aromatic carbocycles. The van der Waals surface area contributed by atoms with E-state index in [9.17, 15) is 0 Å². The van der Waals surface area contributed by atoms with Gasteiger partial charge in [-0.25, -0.2) is 0 Å². The van der Waals surface area contributed by atoms with Gasteiger partial charge < -0.3 is 5.32 Å². The molecule has 0 fully saturated rings. The van der Waals surface area contributed by atoms with Crippen molar-refractivity contribution in [2.45, 2.75) is 32.9 Å². The summed E-state index contributed by atoms with van der Waals surface area (Å²) in [7, 11) is 0. The van der Waals surface area contributed by atoms with Crippen LogP contribution in [0.25, 0.3) is 0 Å². The number of hydrogen-bond donors (Lipinski definition) is 1. The summed E-state index contributed by atoms with van der Waals surface area (Å²) < 4.78 is 2.00. The smallest absolute Gasteiger partial charge is 0.0560 e. The summed E-state index contributed by atoms with van der Waals surface area (Å²) >= 11 is 1.82. The second-order valence-electron chi connectivity index (χ2n) is 4.42. The Bertz CT molecular complexity index is 433. The van der Waals surface area contributed by atoms with Crippen LogP contribution in [0.1, 0.15) is 17.4 Å². The van der Waals surface area contributed by atoms with Crippen molar-refractivity contribution in [1.82, 2.24) is 15.1 Å². The number of rotatable bonds is 6. The minimum absolute atomic E-state index is 0.453.